The third-order valence-electron chi connectivity index (χ3n) is 2.79. The van der Waals surface area contributed by atoms with Crippen molar-refractivity contribution in [3.05, 3.63) is 12.4 Å². The van der Waals surface area contributed by atoms with Gasteiger partial charge in [-0.05, 0) is 26.2 Å². The molecule has 1 aliphatic rings. The van der Waals surface area contributed by atoms with Gasteiger partial charge in [0.1, 0.15) is 18.3 Å². The average molecular weight is 288 g/mol. The van der Waals surface area contributed by atoms with Crippen LogP contribution in [0.4, 0.5) is 0 Å². The van der Waals surface area contributed by atoms with Crippen molar-refractivity contribution in [1.82, 2.24) is 15.8 Å². The lowest BCUT2D eigenvalue weighted by Gasteiger charge is -2.34. The predicted octanol–water partition coefficient (Wildman–Crippen LogP) is 0.765. The molecule has 0 aromatic carbocycles. The van der Waals surface area contributed by atoms with Gasteiger partial charge in [-0.3, -0.25) is 5.01 Å². The van der Waals surface area contributed by atoms with Gasteiger partial charge in [0, 0.05) is 31.4 Å². The minimum atomic E-state index is -1.16. The third kappa shape index (κ3) is 5.02. The lowest BCUT2D eigenvalue weighted by Crippen LogP contribution is -2.46. The maximum absolute atomic E-state index is 11.6. The molecule has 0 spiro atoms. The summed E-state index contributed by atoms with van der Waals surface area (Å²) in [6.07, 6.45) is 4.67. The molecule has 0 aromatic rings. The van der Waals surface area contributed by atoms with E-state index in [1.807, 2.05) is 6.92 Å². The van der Waals surface area contributed by atoms with Crippen molar-refractivity contribution in [3.8, 4) is 0 Å². The first-order valence-electron chi connectivity index (χ1n) is 6.53. The highest BCUT2D eigenvalue weighted by Gasteiger charge is 2.23. The van der Waals surface area contributed by atoms with Crippen LogP contribution in [0.15, 0.2) is 17.4 Å². The van der Waals surface area contributed by atoms with Crippen molar-refractivity contribution in [2.45, 2.75) is 32.4 Å². The molecule has 2 atom stereocenters. The van der Waals surface area contributed by atoms with Gasteiger partial charge in [-0.15, -0.1) is 0 Å². The molecule has 2 N–H and O–H groups in total. The van der Waals surface area contributed by atoms with E-state index < -0.39 is 11.2 Å². The van der Waals surface area contributed by atoms with Crippen molar-refractivity contribution >= 4 is 16.3 Å². The summed E-state index contributed by atoms with van der Waals surface area (Å²) in [6.45, 7) is 7.28. The molecule has 7 heteroatoms. The number of hydrogen-bond acceptors (Lipinski definition) is 5. The number of rotatable bonds is 5. The first-order valence-corrected chi connectivity index (χ1v) is 8.09. The van der Waals surface area contributed by atoms with E-state index >= 15 is 0 Å². The molecular weight excluding hydrogens is 264 g/mol. The van der Waals surface area contributed by atoms with Crippen molar-refractivity contribution < 1.29 is 9.29 Å². The lowest BCUT2D eigenvalue weighted by atomic mass is 10.2. The zero-order chi connectivity index (χ0) is 14.3. The van der Waals surface area contributed by atoms with E-state index in [9.17, 15) is 4.55 Å². The minimum absolute atomic E-state index is 0.0665. The molecule has 0 radical (unpaired) electrons. The van der Waals surface area contributed by atoms with Gasteiger partial charge in [0.15, 0.2) is 0 Å². The molecule has 1 rings (SSSR count). The van der Waals surface area contributed by atoms with E-state index in [0.717, 1.165) is 25.9 Å². The molecule has 1 heterocycles. The molecule has 0 saturated carbocycles. The number of aliphatic imine (C=N–C) groups is 1. The van der Waals surface area contributed by atoms with Crippen LogP contribution in [0, 0.1) is 0 Å². The number of nitrogens with one attached hydrogen (secondary N) is 2. The minimum Gasteiger partial charge on any atom is -0.609 e. The summed E-state index contributed by atoms with van der Waals surface area (Å²) >= 11 is -1.16. The quantitative estimate of drug-likeness (QED) is 0.338. The van der Waals surface area contributed by atoms with E-state index in [0.29, 0.717) is 17.5 Å². The molecule has 0 aliphatic carbocycles. The van der Waals surface area contributed by atoms with Crippen LogP contribution in [-0.4, -0.2) is 47.4 Å². The molecule has 1 saturated heterocycles. The van der Waals surface area contributed by atoms with Gasteiger partial charge in [0.05, 0.1) is 0 Å². The Hall–Kier alpha value is -0.760. The largest absolute Gasteiger partial charge is 0.609 e. The van der Waals surface area contributed by atoms with Crippen molar-refractivity contribution in [1.29, 1.82) is 0 Å². The highest BCUT2D eigenvalue weighted by Crippen LogP contribution is 2.18. The first kappa shape index (κ1) is 16.3. The van der Waals surface area contributed by atoms with Crippen LogP contribution in [0.25, 0.3) is 0 Å². The van der Waals surface area contributed by atoms with Gasteiger partial charge in [-0.1, -0.05) is 6.58 Å². The Kier molecular flexibility index (Phi) is 7.22. The van der Waals surface area contributed by atoms with E-state index in [2.05, 4.69) is 22.3 Å². The van der Waals surface area contributed by atoms with Crippen molar-refractivity contribution in [2.75, 3.05) is 26.5 Å². The van der Waals surface area contributed by atoms with Crippen molar-refractivity contribution in [2.24, 2.45) is 4.99 Å². The summed E-state index contributed by atoms with van der Waals surface area (Å²) in [6, 6.07) is 0. The summed E-state index contributed by atoms with van der Waals surface area (Å²) in [5, 5.41) is 5.20. The third-order valence-corrected chi connectivity index (χ3v) is 3.57. The van der Waals surface area contributed by atoms with Crippen molar-refractivity contribution in [3.63, 3.8) is 0 Å². The number of hydrazine groups is 1. The number of nitrogens with zero attached hydrogens (tertiary/aromatic N) is 2. The lowest BCUT2D eigenvalue weighted by molar-refractivity contribution is -0.0880. The van der Waals surface area contributed by atoms with Crippen LogP contribution in [0.1, 0.15) is 26.2 Å². The van der Waals surface area contributed by atoms with Gasteiger partial charge in [0.2, 0.25) is 0 Å². The fourth-order valence-electron chi connectivity index (χ4n) is 1.89. The Balaban J connectivity index is 2.73. The summed E-state index contributed by atoms with van der Waals surface area (Å²) in [7, 11) is 1.80. The highest BCUT2D eigenvalue weighted by molar-refractivity contribution is 8.05. The average Bonchev–Trinajstić information content (AvgIpc) is 2.40. The summed E-state index contributed by atoms with van der Waals surface area (Å²) < 4.78 is 17.3. The SMILES string of the molecule is C=C(/N=C(\NCC)[S+](C)[O-])N(NC)C1CCCCO1. The maximum atomic E-state index is 11.6. The number of ether oxygens (including phenoxy) is 1. The molecule has 1 aliphatic heterocycles. The van der Waals surface area contributed by atoms with Crippen LogP contribution in [-0.2, 0) is 15.9 Å². The fraction of sp³-hybridized carbons (Fsp3) is 0.750. The van der Waals surface area contributed by atoms with Gasteiger partial charge in [-0.2, -0.15) is 4.99 Å². The Labute approximate surface area is 118 Å². The molecule has 0 bridgehead atoms. The molecule has 110 valence electrons. The van der Waals surface area contributed by atoms with Gasteiger partial charge in [-0.25, -0.2) is 5.43 Å². The van der Waals surface area contributed by atoms with Crippen LogP contribution in [0.2, 0.25) is 0 Å². The summed E-state index contributed by atoms with van der Waals surface area (Å²) in [5.74, 6) is 0.501. The molecule has 19 heavy (non-hydrogen) atoms. The highest BCUT2D eigenvalue weighted by atomic mass is 32.2. The Morgan fingerprint density at radius 2 is 2.32 bits per heavy atom. The van der Waals surface area contributed by atoms with E-state index in [4.69, 9.17) is 4.74 Å². The van der Waals surface area contributed by atoms with Crippen LogP contribution in [0.3, 0.4) is 0 Å². The molecule has 0 amide bonds. The molecule has 2 unspecified atom stereocenters. The molecule has 1 fully saturated rings. The van der Waals surface area contributed by atoms with Gasteiger partial charge >= 0.3 is 5.17 Å². The second-order valence-electron chi connectivity index (χ2n) is 4.23. The van der Waals surface area contributed by atoms with E-state index in [1.54, 1.807) is 18.3 Å². The maximum Gasteiger partial charge on any atom is 0.318 e. The Morgan fingerprint density at radius 3 is 2.79 bits per heavy atom. The monoisotopic (exact) mass is 288 g/mol. The zero-order valence-electron chi connectivity index (χ0n) is 11.9. The molecule has 6 nitrogen and oxygen atoms in total. The zero-order valence-corrected chi connectivity index (χ0v) is 12.8. The second-order valence-corrected chi connectivity index (χ2v) is 5.53. The predicted molar refractivity (Wildman–Crippen MR) is 78.8 cm³/mol. The van der Waals surface area contributed by atoms with Crippen LogP contribution in [0.5, 0.6) is 0 Å². The first-order chi connectivity index (χ1) is 9.10. The Morgan fingerprint density at radius 1 is 1.58 bits per heavy atom. The number of hydrogen-bond donors (Lipinski definition) is 2. The molecular formula is C12H24N4O2S. The smallest absolute Gasteiger partial charge is 0.318 e. The molecule has 0 aromatic heterocycles. The van der Waals surface area contributed by atoms with Gasteiger partial charge < -0.3 is 14.6 Å². The fourth-order valence-corrected chi connectivity index (χ4v) is 2.48. The second kappa shape index (κ2) is 8.42. The standard InChI is InChI=1S/C12H24N4O2S/c1-5-14-12(19(4)17)15-10(2)16(13-3)11-8-6-7-9-18-11/h11,13H,2,5-9H2,1,3-4H3,(H,14,15). The normalized spacial score (nSPS) is 21.9. The Bertz CT molecular complexity index is 317. The summed E-state index contributed by atoms with van der Waals surface area (Å²) in [5.41, 5.74) is 3.03. The van der Waals surface area contributed by atoms with E-state index in [1.165, 1.54) is 0 Å². The topological polar surface area (TPSA) is 72.0 Å². The van der Waals surface area contributed by atoms with Crippen LogP contribution < -0.4 is 10.7 Å². The summed E-state index contributed by atoms with van der Waals surface area (Å²) in [4.78, 5) is 4.31. The number of amidine groups is 1. The van der Waals surface area contributed by atoms with Crippen LogP contribution >= 0.6 is 0 Å². The van der Waals surface area contributed by atoms with Gasteiger partial charge in [0.25, 0.3) is 0 Å². The van der Waals surface area contributed by atoms with E-state index in [-0.39, 0.29) is 6.23 Å².